The van der Waals surface area contributed by atoms with Crippen LogP contribution in [0.2, 0.25) is 0 Å². The molecule has 2 amide bonds. The monoisotopic (exact) mass is 338 g/mol. The number of aryl methyl sites for hydroxylation is 1. The van der Waals surface area contributed by atoms with Gasteiger partial charge < -0.3 is 15.1 Å². The summed E-state index contributed by atoms with van der Waals surface area (Å²) in [6, 6.07) is 13.5. The lowest BCUT2D eigenvalue weighted by Crippen LogP contribution is -2.37. The molecule has 0 unspecified atom stereocenters. The Hall–Kier alpha value is -3.35. The first-order valence-corrected chi connectivity index (χ1v) is 7.89. The van der Waals surface area contributed by atoms with Crippen LogP contribution >= 0.6 is 0 Å². The maximum absolute atomic E-state index is 12.6. The number of carbonyl (C=O) groups excluding carboxylic acids is 2. The fourth-order valence-corrected chi connectivity index (χ4v) is 2.40. The number of rotatable bonds is 7. The van der Waals surface area contributed by atoms with Gasteiger partial charge in [-0.2, -0.15) is 5.10 Å². The van der Waals surface area contributed by atoms with Crippen LogP contribution < -0.4 is 10.6 Å². The van der Waals surface area contributed by atoms with Gasteiger partial charge in [-0.3, -0.25) is 14.7 Å². The molecule has 128 valence electrons. The van der Waals surface area contributed by atoms with Crippen LogP contribution in [0.5, 0.6) is 0 Å². The Morgan fingerprint density at radius 1 is 1.12 bits per heavy atom. The van der Waals surface area contributed by atoms with E-state index >= 15 is 0 Å². The summed E-state index contributed by atoms with van der Waals surface area (Å²) in [4.78, 5) is 24.9. The molecule has 0 saturated carbocycles. The van der Waals surface area contributed by atoms with Crippen molar-refractivity contribution in [2.75, 3.05) is 5.32 Å². The number of anilines is 1. The van der Waals surface area contributed by atoms with E-state index in [1.807, 2.05) is 24.3 Å². The van der Waals surface area contributed by atoms with Crippen molar-refractivity contribution in [1.82, 2.24) is 15.5 Å². The van der Waals surface area contributed by atoms with Crippen LogP contribution in [-0.2, 0) is 16.0 Å². The fraction of sp³-hybridized carbons (Fsp3) is 0.167. The number of hydrogen-bond acceptors (Lipinski definition) is 4. The Morgan fingerprint density at radius 3 is 2.64 bits per heavy atom. The first kappa shape index (κ1) is 16.5. The summed E-state index contributed by atoms with van der Waals surface area (Å²) in [6.07, 6.45) is 3.81. The second kappa shape index (κ2) is 7.96. The Balaban J connectivity index is 1.67. The van der Waals surface area contributed by atoms with Crippen molar-refractivity contribution in [2.45, 2.75) is 18.9 Å². The third-order valence-electron chi connectivity index (χ3n) is 3.64. The predicted molar refractivity (Wildman–Crippen MR) is 91.6 cm³/mol. The highest BCUT2D eigenvalue weighted by Crippen LogP contribution is 2.16. The molecule has 7 nitrogen and oxygen atoms in total. The molecule has 0 radical (unpaired) electrons. The normalized spacial score (nSPS) is 11.7. The molecule has 7 heteroatoms. The Bertz CT molecular complexity index is 798. The SMILES string of the molecule is O=C(CCc1ccco1)N[C@@H](C(=O)Nc1ccn[nH]1)c1ccccc1. The van der Waals surface area contributed by atoms with Crippen LogP contribution in [0.4, 0.5) is 5.82 Å². The molecule has 0 spiro atoms. The number of aromatic amines is 1. The van der Waals surface area contributed by atoms with E-state index < -0.39 is 6.04 Å². The van der Waals surface area contributed by atoms with Crippen LogP contribution in [0.1, 0.15) is 23.8 Å². The molecular weight excluding hydrogens is 320 g/mol. The first-order valence-electron chi connectivity index (χ1n) is 7.89. The number of hydrogen-bond donors (Lipinski definition) is 3. The van der Waals surface area contributed by atoms with Crippen LogP contribution in [0, 0.1) is 0 Å². The maximum atomic E-state index is 12.6. The second-order valence-corrected chi connectivity index (χ2v) is 5.45. The maximum Gasteiger partial charge on any atom is 0.252 e. The second-order valence-electron chi connectivity index (χ2n) is 5.45. The summed E-state index contributed by atoms with van der Waals surface area (Å²) in [5.74, 6) is 0.621. The Kier molecular flexibility index (Phi) is 5.26. The van der Waals surface area contributed by atoms with Gasteiger partial charge in [0.2, 0.25) is 5.91 Å². The van der Waals surface area contributed by atoms with Crippen LogP contribution in [0.15, 0.2) is 65.4 Å². The molecule has 1 atom stereocenters. The van der Waals surface area contributed by atoms with Crippen molar-refractivity contribution in [3.8, 4) is 0 Å². The Morgan fingerprint density at radius 2 is 1.96 bits per heavy atom. The van der Waals surface area contributed by atoms with Gasteiger partial charge >= 0.3 is 0 Å². The zero-order valence-corrected chi connectivity index (χ0v) is 13.4. The minimum absolute atomic E-state index is 0.230. The topological polar surface area (TPSA) is 100 Å². The number of amides is 2. The van der Waals surface area contributed by atoms with E-state index in [1.54, 1.807) is 30.5 Å². The van der Waals surface area contributed by atoms with Crippen molar-refractivity contribution < 1.29 is 14.0 Å². The van der Waals surface area contributed by atoms with E-state index in [2.05, 4.69) is 20.8 Å². The van der Waals surface area contributed by atoms with Crippen LogP contribution in [0.3, 0.4) is 0 Å². The predicted octanol–water partition coefficient (Wildman–Crippen LogP) is 2.43. The van der Waals surface area contributed by atoms with E-state index in [4.69, 9.17) is 4.42 Å². The van der Waals surface area contributed by atoms with Crippen LogP contribution in [-0.4, -0.2) is 22.0 Å². The van der Waals surface area contributed by atoms with Crippen molar-refractivity contribution in [3.05, 3.63) is 72.3 Å². The minimum atomic E-state index is -0.798. The van der Waals surface area contributed by atoms with Gasteiger partial charge in [-0.15, -0.1) is 0 Å². The van der Waals surface area contributed by atoms with Crippen LogP contribution in [0.25, 0.3) is 0 Å². The molecule has 2 heterocycles. The van der Waals surface area contributed by atoms with Gasteiger partial charge in [0.1, 0.15) is 17.6 Å². The highest BCUT2D eigenvalue weighted by molar-refractivity contribution is 5.97. The molecular formula is C18H18N4O3. The average Bonchev–Trinajstić information content (AvgIpc) is 3.32. The lowest BCUT2D eigenvalue weighted by atomic mass is 10.1. The number of nitrogens with zero attached hydrogens (tertiary/aromatic N) is 1. The molecule has 3 rings (SSSR count). The minimum Gasteiger partial charge on any atom is -0.469 e. The molecule has 0 aliphatic heterocycles. The molecule has 3 N–H and O–H groups in total. The zero-order chi connectivity index (χ0) is 17.5. The van der Waals surface area contributed by atoms with Crippen molar-refractivity contribution in [1.29, 1.82) is 0 Å². The Labute approximate surface area is 144 Å². The van der Waals surface area contributed by atoms with Gasteiger partial charge in [0, 0.05) is 18.9 Å². The van der Waals surface area contributed by atoms with Crippen molar-refractivity contribution in [3.63, 3.8) is 0 Å². The first-order chi connectivity index (χ1) is 12.2. The fourth-order valence-electron chi connectivity index (χ4n) is 2.40. The van der Waals surface area contributed by atoms with Gasteiger partial charge in [-0.25, -0.2) is 0 Å². The molecule has 25 heavy (non-hydrogen) atoms. The molecule has 0 bridgehead atoms. The highest BCUT2D eigenvalue weighted by atomic mass is 16.3. The number of nitrogens with one attached hydrogen (secondary N) is 3. The molecule has 1 aromatic carbocycles. The summed E-state index contributed by atoms with van der Waals surface area (Å²) >= 11 is 0. The lowest BCUT2D eigenvalue weighted by molar-refractivity contribution is -0.126. The summed E-state index contributed by atoms with van der Waals surface area (Å²) in [5.41, 5.74) is 0.700. The average molecular weight is 338 g/mol. The number of furan rings is 1. The number of H-pyrrole nitrogens is 1. The van der Waals surface area contributed by atoms with Crippen molar-refractivity contribution >= 4 is 17.6 Å². The zero-order valence-electron chi connectivity index (χ0n) is 13.4. The van der Waals surface area contributed by atoms with Gasteiger partial charge in [0.15, 0.2) is 0 Å². The molecule has 0 aliphatic rings. The van der Waals surface area contributed by atoms with E-state index in [9.17, 15) is 9.59 Å². The highest BCUT2D eigenvalue weighted by Gasteiger charge is 2.23. The van der Waals surface area contributed by atoms with E-state index in [0.29, 0.717) is 17.8 Å². The molecule has 3 aromatic rings. The smallest absolute Gasteiger partial charge is 0.252 e. The van der Waals surface area contributed by atoms with Crippen molar-refractivity contribution in [2.24, 2.45) is 0 Å². The quantitative estimate of drug-likeness (QED) is 0.616. The molecule has 0 aliphatic carbocycles. The van der Waals surface area contributed by atoms with E-state index in [-0.39, 0.29) is 18.2 Å². The molecule has 2 aromatic heterocycles. The standard InChI is InChI=1S/C18H18N4O3/c23-16(9-8-14-7-4-12-25-14)21-17(13-5-2-1-3-6-13)18(24)20-15-10-11-19-22-15/h1-7,10-12,17H,8-9H2,(H,21,23)(H2,19,20,22,24)/t17-/m1/s1. The van der Waals surface area contributed by atoms with Gasteiger partial charge in [-0.05, 0) is 17.7 Å². The number of benzene rings is 1. The summed E-state index contributed by atoms with van der Waals surface area (Å²) in [5, 5.41) is 11.9. The largest absolute Gasteiger partial charge is 0.469 e. The third-order valence-corrected chi connectivity index (χ3v) is 3.64. The number of aromatic nitrogens is 2. The van der Waals surface area contributed by atoms with E-state index in [0.717, 1.165) is 5.76 Å². The van der Waals surface area contributed by atoms with Gasteiger partial charge in [0.25, 0.3) is 5.91 Å². The summed E-state index contributed by atoms with van der Waals surface area (Å²) in [6.45, 7) is 0. The van der Waals surface area contributed by atoms with Gasteiger partial charge in [0.05, 0.1) is 12.5 Å². The van der Waals surface area contributed by atoms with E-state index in [1.165, 1.54) is 6.20 Å². The molecule has 0 saturated heterocycles. The summed E-state index contributed by atoms with van der Waals surface area (Å²) < 4.78 is 5.22. The third kappa shape index (κ3) is 4.57. The van der Waals surface area contributed by atoms with Gasteiger partial charge in [-0.1, -0.05) is 30.3 Å². The number of carbonyl (C=O) groups is 2. The lowest BCUT2D eigenvalue weighted by Gasteiger charge is -2.18. The summed E-state index contributed by atoms with van der Waals surface area (Å²) in [7, 11) is 0. The molecule has 0 fully saturated rings.